The number of carbonyl (C=O) groups is 1. The van der Waals surface area contributed by atoms with Crippen LogP contribution in [0, 0.1) is 29.6 Å². The van der Waals surface area contributed by atoms with Gasteiger partial charge in [0, 0.05) is 6.42 Å². The Morgan fingerprint density at radius 2 is 1.26 bits per heavy atom. The lowest BCUT2D eigenvalue weighted by Gasteiger charge is -2.54. The fourth-order valence-electron chi connectivity index (χ4n) is 5.07. The van der Waals surface area contributed by atoms with E-state index >= 15 is 0 Å². The molecular formula is C14H17F5NO5S2-. The zero-order valence-corrected chi connectivity index (χ0v) is 15.5. The molecule has 0 saturated heterocycles. The van der Waals surface area contributed by atoms with Gasteiger partial charge >= 0.3 is 10.8 Å². The summed E-state index contributed by atoms with van der Waals surface area (Å²) in [6.07, 6.45) is 3.29. The topological polar surface area (TPSA) is 99.4 Å². The molecule has 0 radical (unpaired) electrons. The monoisotopic (exact) mass is 438 g/mol. The summed E-state index contributed by atoms with van der Waals surface area (Å²) in [6.45, 7) is 0. The first-order valence-corrected chi connectivity index (χ1v) is 11.2. The Kier molecular flexibility index (Phi) is 4.91. The molecule has 13 heteroatoms. The van der Waals surface area contributed by atoms with Crippen LogP contribution < -0.4 is 0 Å². The van der Waals surface area contributed by atoms with E-state index in [-0.39, 0.29) is 11.8 Å². The van der Waals surface area contributed by atoms with E-state index in [1.807, 2.05) is 0 Å². The lowest BCUT2D eigenvalue weighted by molar-refractivity contribution is -0.138. The lowest BCUT2D eigenvalue weighted by Crippen LogP contribution is -2.48. The van der Waals surface area contributed by atoms with Gasteiger partial charge in [-0.2, -0.15) is 22.0 Å². The van der Waals surface area contributed by atoms with Crippen molar-refractivity contribution in [3.05, 3.63) is 4.13 Å². The molecule has 0 aromatic carbocycles. The second-order valence-electron chi connectivity index (χ2n) is 7.71. The maximum atomic E-state index is 14.1. The Hall–Kier alpha value is -0.820. The van der Waals surface area contributed by atoms with Gasteiger partial charge in [0.05, 0.1) is 0 Å². The first kappa shape index (κ1) is 20.9. The fourth-order valence-corrected chi connectivity index (χ4v) is 7.18. The smallest absolute Gasteiger partial charge is 0.423 e. The zero-order chi connectivity index (χ0) is 20.4. The molecule has 4 fully saturated rings. The molecule has 0 atom stereocenters. The first-order chi connectivity index (χ1) is 12.1. The Morgan fingerprint density at radius 3 is 1.67 bits per heavy atom. The van der Waals surface area contributed by atoms with Gasteiger partial charge in [-0.05, 0) is 61.7 Å². The van der Waals surface area contributed by atoms with E-state index in [4.69, 9.17) is 0 Å². The van der Waals surface area contributed by atoms with Crippen LogP contribution >= 0.6 is 0 Å². The van der Waals surface area contributed by atoms with Crippen LogP contribution in [0.3, 0.4) is 0 Å². The second kappa shape index (κ2) is 6.34. The van der Waals surface area contributed by atoms with Gasteiger partial charge in [-0.15, -0.1) is 0 Å². The van der Waals surface area contributed by atoms with E-state index in [1.54, 1.807) is 0 Å². The van der Waals surface area contributed by atoms with Crippen molar-refractivity contribution >= 4 is 25.8 Å². The predicted molar refractivity (Wildman–Crippen MR) is 82.4 cm³/mol. The third-order valence-electron chi connectivity index (χ3n) is 5.98. The lowest BCUT2D eigenvalue weighted by atomic mass is 9.51. The molecule has 4 aliphatic carbocycles. The Labute approximate surface area is 153 Å². The minimum atomic E-state index is -6.72. The van der Waals surface area contributed by atoms with E-state index in [0.29, 0.717) is 11.8 Å². The van der Waals surface area contributed by atoms with Gasteiger partial charge in [-0.25, -0.2) is 16.8 Å². The van der Waals surface area contributed by atoms with Crippen molar-refractivity contribution in [2.45, 2.75) is 49.3 Å². The van der Waals surface area contributed by atoms with Gasteiger partial charge in [-0.3, -0.25) is 4.79 Å². The maximum Gasteiger partial charge on any atom is 0.480 e. The standard InChI is InChI=1S/C14H17F5NO5S2/c15-13(16,26(22,23)20-27(24,25)14(17,18)19)12(21)6-11-9-2-7-1-8(4-9)5-10(11)3-7/h7-11H,1-6H2/q-1. The van der Waals surface area contributed by atoms with Crippen molar-refractivity contribution in [1.29, 1.82) is 0 Å². The van der Waals surface area contributed by atoms with Crippen LogP contribution in [-0.4, -0.2) is 33.4 Å². The largest absolute Gasteiger partial charge is 0.480 e. The molecule has 0 unspecified atom stereocenters. The highest BCUT2D eigenvalue weighted by Crippen LogP contribution is 2.57. The minimum absolute atomic E-state index is 0.000416. The molecule has 4 rings (SSSR count). The molecule has 4 saturated carbocycles. The summed E-state index contributed by atoms with van der Waals surface area (Å²) in [5.74, 6) is -1.64. The average Bonchev–Trinajstić information content (AvgIpc) is 2.47. The van der Waals surface area contributed by atoms with E-state index in [1.165, 1.54) is 4.13 Å². The third kappa shape index (κ3) is 3.61. The molecule has 0 aromatic heterocycles. The summed E-state index contributed by atoms with van der Waals surface area (Å²) in [7, 11) is -13.3. The number of alkyl halides is 5. The van der Waals surface area contributed by atoms with E-state index in [2.05, 4.69) is 0 Å². The summed E-state index contributed by atoms with van der Waals surface area (Å²) in [5.41, 5.74) is -6.17. The number of rotatable bonds is 6. The van der Waals surface area contributed by atoms with E-state index in [9.17, 15) is 43.6 Å². The first-order valence-electron chi connectivity index (χ1n) is 8.35. The molecule has 6 nitrogen and oxygen atoms in total. The maximum absolute atomic E-state index is 14.1. The molecule has 0 N–H and O–H groups in total. The van der Waals surface area contributed by atoms with Crippen LogP contribution in [0.25, 0.3) is 4.13 Å². The zero-order valence-electron chi connectivity index (χ0n) is 13.8. The summed E-state index contributed by atoms with van der Waals surface area (Å²) in [6, 6.07) is 0. The third-order valence-corrected chi connectivity index (χ3v) is 9.01. The molecule has 0 spiro atoms. The Balaban J connectivity index is 1.75. The summed E-state index contributed by atoms with van der Waals surface area (Å²) in [4.78, 5) is 12.0. The second-order valence-corrected chi connectivity index (χ2v) is 11.2. The van der Waals surface area contributed by atoms with Gasteiger partial charge in [0.1, 0.15) is 0 Å². The highest BCUT2D eigenvalue weighted by molar-refractivity contribution is 8.13. The minimum Gasteiger partial charge on any atom is -0.423 e. The summed E-state index contributed by atoms with van der Waals surface area (Å²) >= 11 is 0. The summed E-state index contributed by atoms with van der Waals surface area (Å²) < 4.78 is 111. The predicted octanol–water partition coefficient (Wildman–Crippen LogP) is 3.16. The molecule has 0 aromatic rings. The van der Waals surface area contributed by atoms with Crippen molar-refractivity contribution in [3.63, 3.8) is 0 Å². The number of hydrogen-bond donors (Lipinski definition) is 0. The van der Waals surface area contributed by atoms with Gasteiger partial charge in [-0.1, -0.05) is 0 Å². The van der Waals surface area contributed by atoms with Crippen LogP contribution in [0.4, 0.5) is 22.0 Å². The van der Waals surface area contributed by atoms with Crippen LogP contribution in [0.15, 0.2) is 0 Å². The molecule has 27 heavy (non-hydrogen) atoms. The Bertz CT molecular complexity index is 808. The Morgan fingerprint density at radius 1 is 0.815 bits per heavy atom. The highest BCUT2D eigenvalue weighted by atomic mass is 32.3. The van der Waals surface area contributed by atoms with Gasteiger partial charge in [0.25, 0.3) is 0 Å². The number of Topliss-reactive ketones (excluding diaryl/α,β-unsaturated/α-hetero) is 1. The number of carbonyl (C=O) groups excluding carboxylic acids is 1. The number of sulfonamides is 2. The van der Waals surface area contributed by atoms with Crippen molar-refractivity contribution in [2.75, 3.05) is 0 Å². The van der Waals surface area contributed by atoms with Gasteiger partial charge < -0.3 is 4.13 Å². The number of hydrogen-bond acceptors (Lipinski definition) is 5. The molecule has 0 aliphatic heterocycles. The van der Waals surface area contributed by atoms with Gasteiger partial charge in [0.15, 0.2) is 20.0 Å². The molecule has 156 valence electrons. The summed E-state index contributed by atoms with van der Waals surface area (Å²) in [5, 5.41) is -5.33. The van der Waals surface area contributed by atoms with Crippen molar-refractivity contribution < 1.29 is 43.6 Å². The molecule has 0 heterocycles. The highest BCUT2D eigenvalue weighted by Gasteiger charge is 2.54. The van der Waals surface area contributed by atoms with E-state index < -0.39 is 48.9 Å². The van der Waals surface area contributed by atoms with Crippen LogP contribution in [0.5, 0.6) is 0 Å². The fraction of sp³-hybridized carbons (Fsp3) is 0.929. The van der Waals surface area contributed by atoms with E-state index in [0.717, 1.165) is 32.1 Å². The van der Waals surface area contributed by atoms with Gasteiger partial charge in [0.2, 0.25) is 5.78 Å². The van der Waals surface area contributed by atoms with Crippen LogP contribution in [0.1, 0.15) is 38.5 Å². The molecule has 4 bridgehead atoms. The normalized spacial score (nSPS) is 34.0. The van der Waals surface area contributed by atoms with Crippen molar-refractivity contribution in [1.82, 2.24) is 0 Å². The molecule has 4 aliphatic rings. The average molecular weight is 438 g/mol. The van der Waals surface area contributed by atoms with Crippen LogP contribution in [0.2, 0.25) is 0 Å². The van der Waals surface area contributed by atoms with Crippen molar-refractivity contribution in [3.8, 4) is 0 Å². The van der Waals surface area contributed by atoms with Crippen LogP contribution in [-0.2, 0) is 24.8 Å². The number of ketones is 1. The number of halogens is 5. The quantitative estimate of drug-likeness (QED) is 0.593. The van der Waals surface area contributed by atoms with Crippen molar-refractivity contribution in [2.24, 2.45) is 29.6 Å². The number of nitrogens with zero attached hydrogens (tertiary/aromatic N) is 1. The molecular weight excluding hydrogens is 421 g/mol. The molecule has 0 amide bonds. The SMILES string of the molecule is O=C(CC1C2CC3CC(C2)CC1C3)C(F)(F)S(=O)(=O)[N-]S(=O)(=O)C(F)(F)F.